The summed E-state index contributed by atoms with van der Waals surface area (Å²) in [5.74, 6) is -0.374. The van der Waals surface area contributed by atoms with Crippen molar-refractivity contribution in [1.82, 2.24) is 20.1 Å². The van der Waals surface area contributed by atoms with Crippen LogP contribution in [0.25, 0.3) is 10.9 Å². The lowest BCUT2D eigenvalue weighted by atomic mass is 10.1. The van der Waals surface area contributed by atoms with Gasteiger partial charge in [-0.1, -0.05) is 36.4 Å². The van der Waals surface area contributed by atoms with Crippen LogP contribution < -0.4 is 16.0 Å². The lowest BCUT2D eigenvalue weighted by Crippen LogP contribution is -2.46. The summed E-state index contributed by atoms with van der Waals surface area (Å²) in [5.41, 5.74) is 1.46. The summed E-state index contributed by atoms with van der Waals surface area (Å²) in [6, 6.07) is 19.1. The van der Waals surface area contributed by atoms with Crippen LogP contribution in [-0.2, 0) is 32.2 Å². The highest BCUT2D eigenvalue weighted by molar-refractivity contribution is 5.97. The molecule has 2 heterocycles. The summed E-state index contributed by atoms with van der Waals surface area (Å²) in [6.45, 7) is 6.61. The quantitative estimate of drug-likeness (QED) is 0.161. The van der Waals surface area contributed by atoms with Crippen molar-refractivity contribution in [3.8, 4) is 0 Å². The van der Waals surface area contributed by atoms with E-state index in [-0.39, 0.29) is 13.0 Å². The average Bonchev–Trinajstić information content (AvgIpc) is 3.36. The molecule has 0 spiro atoms. The molecule has 0 saturated heterocycles. The molecule has 42 heavy (non-hydrogen) atoms. The Morgan fingerprint density at radius 2 is 1.79 bits per heavy atom. The van der Waals surface area contributed by atoms with Crippen LogP contribution in [0, 0.1) is 0 Å². The van der Waals surface area contributed by atoms with Gasteiger partial charge in [-0.25, -0.2) is 14.6 Å². The number of esters is 1. The number of pyridine rings is 1. The Balaban J connectivity index is 1.33. The molecule has 0 radical (unpaired) electrons. The molecule has 0 bridgehead atoms. The molecular weight excluding hydrogens is 536 g/mol. The zero-order valence-corrected chi connectivity index (χ0v) is 24.0. The number of hydrogen-bond acceptors (Lipinski definition) is 8. The van der Waals surface area contributed by atoms with Crippen LogP contribution in [-0.4, -0.2) is 50.9 Å². The van der Waals surface area contributed by atoms with E-state index in [4.69, 9.17) is 9.47 Å². The first-order valence-electron chi connectivity index (χ1n) is 13.8. The minimum absolute atomic E-state index is 0.0222. The van der Waals surface area contributed by atoms with Gasteiger partial charge in [0.2, 0.25) is 5.91 Å². The van der Waals surface area contributed by atoms with Crippen LogP contribution in [0.4, 0.5) is 16.3 Å². The Kier molecular flexibility index (Phi) is 10.1. The third kappa shape index (κ3) is 9.33. The van der Waals surface area contributed by atoms with E-state index in [1.165, 1.54) is 0 Å². The van der Waals surface area contributed by atoms with E-state index in [0.717, 1.165) is 35.2 Å². The maximum absolute atomic E-state index is 12.9. The monoisotopic (exact) mass is 572 g/mol. The van der Waals surface area contributed by atoms with Crippen molar-refractivity contribution in [1.29, 1.82) is 0 Å². The fourth-order valence-electron chi connectivity index (χ4n) is 4.13. The molecule has 0 aliphatic rings. The van der Waals surface area contributed by atoms with Gasteiger partial charge in [-0.05, 0) is 63.1 Å². The molecule has 0 fully saturated rings. The Morgan fingerprint density at radius 3 is 2.52 bits per heavy atom. The molecule has 11 heteroatoms. The zero-order valence-electron chi connectivity index (χ0n) is 24.0. The number of aromatic nitrogens is 3. The highest BCUT2D eigenvalue weighted by Gasteiger charge is 2.29. The van der Waals surface area contributed by atoms with Gasteiger partial charge >= 0.3 is 12.1 Å². The smallest absolute Gasteiger partial charge is 0.408 e. The molecule has 0 saturated carbocycles. The van der Waals surface area contributed by atoms with E-state index in [1.807, 2.05) is 65.3 Å². The van der Waals surface area contributed by atoms with E-state index < -0.39 is 29.6 Å². The number of rotatable bonds is 12. The Morgan fingerprint density at radius 1 is 1.00 bits per heavy atom. The van der Waals surface area contributed by atoms with Crippen LogP contribution >= 0.6 is 0 Å². The number of fused-ring (bicyclic) bond motifs is 1. The Hall–Kier alpha value is -4.93. The summed E-state index contributed by atoms with van der Waals surface area (Å²) in [6.07, 6.45) is 3.17. The van der Waals surface area contributed by atoms with Gasteiger partial charge in [0.1, 0.15) is 24.1 Å². The predicted octanol–water partition coefficient (Wildman–Crippen LogP) is 4.90. The highest BCUT2D eigenvalue weighted by atomic mass is 16.6. The number of nitrogens with zero attached hydrogens (tertiary/aromatic N) is 3. The molecule has 2 aromatic heterocycles. The third-order valence-electron chi connectivity index (χ3n) is 6.03. The molecule has 220 valence electrons. The topological polar surface area (TPSA) is 136 Å². The number of aryl methyl sites for hydroxylation is 1. The maximum Gasteiger partial charge on any atom is 0.408 e. The number of hydrogen-bond donors (Lipinski definition) is 3. The van der Waals surface area contributed by atoms with Crippen molar-refractivity contribution in [2.24, 2.45) is 0 Å². The third-order valence-corrected chi connectivity index (χ3v) is 6.03. The van der Waals surface area contributed by atoms with Gasteiger partial charge in [-0.15, -0.1) is 0 Å². The van der Waals surface area contributed by atoms with Gasteiger partial charge in [0.15, 0.2) is 0 Å². The lowest BCUT2D eigenvalue weighted by Gasteiger charge is -2.24. The van der Waals surface area contributed by atoms with Crippen molar-refractivity contribution in [3.63, 3.8) is 0 Å². The number of carbonyl (C=O) groups excluding carboxylic acids is 3. The van der Waals surface area contributed by atoms with Crippen molar-refractivity contribution < 1.29 is 23.9 Å². The number of ether oxygens (including phenoxy) is 2. The molecule has 2 aromatic carbocycles. The average molecular weight is 573 g/mol. The second kappa shape index (κ2) is 14.1. The summed E-state index contributed by atoms with van der Waals surface area (Å²) in [4.78, 5) is 42.5. The van der Waals surface area contributed by atoms with Crippen LogP contribution in [0.1, 0.15) is 39.2 Å². The van der Waals surface area contributed by atoms with E-state index in [0.29, 0.717) is 12.2 Å². The van der Waals surface area contributed by atoms with Crippen LogP contribution in [0.5, 0.6) is 0 Å². The molecule has 11 nitrogen and oxygen atoms in total. The summed E-state index contributed by atoms with van der Waals surface area (Å²) in [7, 11) is 0. The molecule has 3 N–H and O–H groups in total. The molecule has 1 atom stereocenters. The van der Waals surface area contributed by atoms with Gasteiger partial charge in [-0.2, -0.15) is 5.10 Å². The normalized spacial score (nSPS) is 11.9. The molecule has 0 aliphatic heterocycles. The van der Waals surface area contributed by atoms with Crippen molar-refractivity contribution in [3.05, 3.63) is 84.7 Å². The number of benzene rings is 2. The van der Waals surface area contributed by atoms with Crippen molar-refractivity contribution >= 4 is 40.4 Å². The molecule has 4 aromatic rings. The first kappa shape index (κ1) is 30.0. The largest absolute Gasteiger partial charge is 0.458 e. The van der Waals surface area contributed by atoms with E-state index in [9.17, 15) is 14.4 Å². The first-order chi connectivity index (χ1) is 20.2. The summed E-state index contributed by atoms with van der Waals surface area (Å²) in [5, 5.41) is 13.9. The van der Waals surface area contributed by atoms with Crippen LogP contribution in [0.15, 0.2) is 79.1 Å². The van der Waals surface area contributed by atoms with Crippen LogP contribution in [0.2, 0.25) is 0 Å². The minimum Gasteiger partial charge on any atom is -0.458 e. The number of nitrogens with one attached hydrogen (secondary N) is 3. The van der Waals surface area contributed by atoms with E-state index in [2.05, 4.69) is 26.0 Å². The molecule has 0 unspecified atom stereocenters. The fraction of sp³-hybridized carbons (Fsp3) is 0.323. The van der Waals surface area contributed by atoms with Crippen LogP contribution in [0.3, 0.4) is 0 Å². The fourth-order valence-corrected chi connectivity index (χ4v) is 4.13. The second-order valence-electron chi connectivity index (χ2n) is 10.7. The van der Waals surface area contributed by atoms with E-state index in [1.54, 1.807) is 39.2 Å². The summed E-state index contributed by atoms with van der Waals surface area (Å²) >= 11 is 0. The Labute approximate surface area is 244 Å². The molecule has 4 rings (SSSR count). The SMILES string of the molecule is CC(C)(C)OC(=O)[C@H](CC(=O)Nc1ccc2c(cnn2CCCNc2ccccn2)c1)NC(=O)OCc1ccccc1. The van der Waals surface area contributed by atoms with Crippen molar-refractivity contribution in [2.45, 2.75) is 58.4 Å². The molecule has 2 amide bonds. The zero-order chi connectivity index (χ0) is 30.0. The van der Waals surface area contributed by atoms with Gasteiger partial charge < -0.3 is 25.4 Å². The second-order valence-corrected chi connectivity index (χ2v) is 10.7. The van der Waals surface area contributed by atoms with Crippen molar-refractivity contribution in [2.75, 3.05) is 17.2 Å². The summed E-state index contributed by atoms with van der Waals surface area (Å²) < 4.78 is 12.6. The van der Waals surface area contributed by atoms with E-state index >= 15 is 0 Å². The highest BCUT2D eigenvalue weighted by Crippen LogP contribution is 2.20. The number of alkyl carbamates (subject to hydrolysis) is 1. The minimum atomic E-state index is -1.24. The lowest BCUT2D eigenvalue weighted by molar-refractivity contribution is -0.158. The van der Waals surface area contributed by atoms with Gasteiger partial charge in [0.05, 0.1) is 18.1 Å². The predicted molar refractivity (Wildman–Crippen MR) is 160 cm³/mol. The standard InChI is InChI=1S/C31H36N6O5/c1-31(2,3)42-29(39)25(36-30(40)41-21-22-10-5-4-6-11-22)19-28(38)35-24-13-14-26-23(18-24)20-34-37(26)17-9-16-33-27-12-7-8-15-32-27/h4-8,10-15,18,20,25H,9,16-17,19,21H2,1-3H3,(H,32,33)(H,35,38)(H,36,40)/t25-/m0/s1. The molecule has 0 aliphatic carbocycles. The number of anilines is 2. The van der Waals surface area contributed by atoms with Gasteiger partial charge in [0, 0.05) is 30.4 Å². The van der Waals surface area contributed by atoms with Gasteiger partial charge in [0.25, 0.3) is 0 Å². The number of carbonyl (C=O) groups is 3. The number of amides is 2. The first-order valence-corrected chi connectivity index (χ1v) is 13.8. The van der Waals surface area contributed by atoms with Gasteiger partial charge in [-0.3, -0.25) is 9.48 Å². The maximum atomic E-state index is 12.9. The Bertz CT molecular complexity index is 1480. The molecular formula is C31H36N6O5.